The third-order valence-corrected chi connectivity index (χ3v) is 5.27. The number of hydrogen-bond acceptors (Lipinski definition) is 4. The van der Waals surface area contributed by atoms with Gasteiger partial charge in [-0.2, -0.15) is 4.98 Å². The highest BCUT2D eigenvalue weighted by atomic mass is 35.5. The summed E-state index contributed by atoms with van der Waals surface area (Å²) >= 11 is 12.1. The fourth-order valence-electron chi connectivity index (χ4n) is 3.44. The Morgan fingerprint density at radius 3 is 2.59 bits per heavy atom. The number of halogens is 2. The van der Waals surface area contributed by atoms with E-state index in [4.69, 9.17) is 23.2 Å². The predicted molar refractivity (Wildman–Crippen MR) is 118 cm³/mol. The number of nitrogens with one attached hydrogen (secondary N) is 1. The molecule has 2 aromatic heterocycles. The van der Waals surface area contributed by atoms with Crippen LogP contribution in [0, 0.1) is 6.92 Å². The molecule has 7 heteroatoms. The molecule has 29 heavy (non-hydrogen) atoms. The number of benzene rings is 2. The van der Waals surface area contributed by atoms with Gasteiger partial charge in [-0.3, -0.25) is 9.36 Å². The first-order chi connectivity index (χ1) is 14.0. The summed E-state index contributed by atoms with van der Waals surface area (Å²) in [6.07, 6.45) is 1.44. The lowest BCUT2D eigenvalue weighted by molar-refractivity contribution is 0.772. The summed E-state index contributed by atoms with van der Waals surface area (Å²) in [6, 6.07) is 17.2. The lowest BCUT2D eigenvalue weighted by Gasteiger charge is -2.22. The zero-order valence-electron chi connectivity index (χ0n) is 15.9. The Kier molecular flexibility index (Phi) is 5.26. The van der Waals surface area contributed by atoms with Crippen LogP contribution in [0.3, 0.4) is 0 Å². The van der Waals surface area contributed by atoms with Crippen molar-refractivity contribution < 1.29 is 0 Å². The first-order valence-electron chi connectivity index (χ1n) is 9.11. The topological polar surface area (TPSA) is 59.8 Å². The molecule has 1 atom stereocenters. The minimum atomic E-state index is -0.281. The van der Waals surface area contributed by atoms with Crippen LogP contribution in [0.15, 0.2) is 65.6 Å². The van der Waals surface area contributed by atoms with Crippen LogP contribution >= 0.6 is 23.2 Å². The maximum atomic E-state index is 13.5. The number of nitrogens with zero attached hydrogens (tertiary/aromatic N) is 3. The molecule has 0 saturated heterocycles. The number of fused-ring (bicyclic) bond motifs is 1. The summed E-state index contributed by atoms with van der Waals surface area (Å²) in [5, 5.41) is 5.30. The Morgan fingerprint density at radius 1 is 1.07 bits per heavy atom. The van der Waals surface area contributed by atoms with Crippen molar-refractivity contribution in [2.24, 2.45) is 0 Å². The van der Waals surface area contributed by atoms with Crippen molar-refractivity contribution in [2.75, 3.05) is 5.32 Å². The van der Waals surface area contributed by atoms with E-state index >= 15 is 0 Å². The van der Waals surface area contributed by atoms with Crippen LogP contribution in [-0.2, 0) is 0 Å². The fourth-order valence-corrected chi connectivity index (χ4v) is 3.72. The molecule has 0 spiro atoms. The monoisotopic (exact) mass is 424 g/mol. The Labute approximate surface area is 178 Å². The van der Waals surface area contributed by atoms with Gasteiger partial charge in [-0.25, -0.2) is 4.98 Å². The zero-order valence-corrected chi connectivity index (χ0v) is 17.4. The highest BCUT2D eigenvalue weighted by molar-refractivity contribution is 6.33. The normalized spacial score (nSPS) is 12.1. The van der Waals surface area contributed by atoms with Crippen LogP contribution < -0.4 is 10.9 Å². The number of anilines is 1. The van der Waals surface area contributed by atoms with E-state index in [1.807, 2.05) is 68.4 Å². The molecule has 0 amide bonds. The van der Waals surface area contributed by atoms with Crippen molar-refractivity contribution in [3.8, 4) is 5.69 Å². The average molecular weight is 425 g/mol. The number of para-hydroxylation sites is 1. The van der Waals surface area contributed by atoms with Gasteiger partial charge in [0.25, 0.3) is 5.56 Å². The van der Waals surface area contributed by atoms with Gasteiger partial charge >= 0.3 is 0 Å². The highest BCUT2D eigenvalue weighted by Crippen LogP contribution is 2.27. The van der Waals surface area contributed by atoms with Gasteiger partial charge in [-0.05, 0) is 54.6 Å². The molecule has 2 heterocycles. The van der Waals surface area contributed by atoms with Crippen LogP contribution in [0.4, 0.5) is 5.82 Å². The minimum absolute atomic E-state index is 0.0673. The van der Waals surface area contributed by atoms with Gasteiger partial charge in [-0.15, -0.1) is 0 Å². The van der Waals surface area contributed by atoms with Crippen LogP contribution in [0.25, 0.3) is 16.5 Å². The Balaban J connectivity index is 1.93. The number of pyridine rings is 1. The van der Waals surface area contributed by atoms with Gasteiger partial charge in [0.15, 0.2) is 0 Å². The van der Waals surface area contributed by atoms with E-state index in [2.05, 4.69) is 15.3 Å². The molecule has 2 aromatic carbocycles. The SMILES string of the molecule is Cc1cccc2cc([C@H](C)Nc3nc(Cl)ncc3Cl)n(-c3ccccc3)c(=O)c12. The number of hydrogen-bond donors (Lipinski definition) is 1. The number of rotatable bonds is 4. The van der Waals surface area contributed by atoms with Crippen LogP contribution in [0.2, 0.25) is 10.3 Å². The van der Waals surface area contributed by atoms with E-state index in [0.29, 0.717) is 16.2 Å². The maximum absolute atomic E-state index is 13.5. The van der Waals surface area contributed by atoms with Gasteiger partial charge in [0.1, 0.15) is 10.8 Å². The third-order valence-electron chi connectivity index (χ3n) is 4.81. The van der Waals surface area contributed by atoms with E-state index < -0.39 is 0 Å². The van der Waals surface area contributed by atoms with Crippen molar-refractivity contribution in [3.63, 3.8) is 0 Å². The van der Waals surface area contributed by atoms with Gasteiger partial charge in [0.05, 0.1) is 17.6 Å². The molecule has 4 rings (SSSR count). The lowest BCUT2D eigenvalue weighted by Crippen LogP contribution is -2.26. The van der Waals surface area contributed by atoms with Crippen LogP contribution in [0.5, 0.6) is 0 Å². The average Bonchev–Trinajstić information content (AvgIpc) is 2.71. The summed E-state index contributed by atoms with van der Waals surface area (Å²) in [5.41, 5.74) is 2.44. The van der Waals surface area contributed by atoms with Gasteiger partial charge in [-0.1, -0.05) is 48.0 Å². The Bertz CT molecular complexity index is 1260. The molecule has 0 radical (unpaired) electrons. The molecule has 0 aliphatic heterocycles. The van der Waals surface area contributed by atoms with Crippen molar-refractivity contribution in [1.82, 2.24) is 14.5 Å². The van der Waals surface area contributed by atoms with Crippen molar-refractivity contribution in [1.29, 1.82) is 0 Å². The third kappa shape index (κ3) is 3.71. The lowest BCUT2D eigenvalue weighted by atomic mass is 10.0. The van der Waals surface area contributed by atoms with Crippen molar-refractivity contribution >= 4 is 39.8 Å². The van der Waals surface area contributed by atoms with Gasteiger partial charge in [0.2, 0.25) is 5.28 Å². The Hall–Kier alpha value is -2.89. The molecule has 146 valence electrons. The predicted octanol–water partition coefficient (Wildman–Crippen LogP) is 5.57. The molecule has 0 bridgehead atoms. The summed E-state index contributed by atoms with van der Waals surface area (Å²) < 4.78 is 1.73. The largest absolute Gasteiger partial charge is 0.361 e. The van der Waals surface area contributed by atoms with E-state index in [9.17, 15) is 4.79 Å². The van der Waals surface area contributed by atoms with Crippen LogP contribution in [-0.4, -0.2) is 14.5 Å². The second kappa shape index (κ2) is 7.85. The van der Waals surface area contributed by atoms with Crippen molar-refractivity contribution in [3.05, 3.63) is 92.7 Å². The fraction of sp³-hybridized carbons (Fsp3) is 0.136. The van der Waals surface area contributed by atoms with Crippen LogP contribution in [0.1, 0.15) is 24.2 Å². The molecule has 0 fully saturated rings. The summed E-state index contributed by atoms with van der Waals surface area (Å²) in [4.78, 5) is 21.6. The molecule has 1 N–H and O–H groups in total. The van der Waals surface area contributed by atoms with E-state index in [0.717, 1.165) is 22.3 Å². The van der Waals surface area contributed by atoms with E-state index in [-0.39, 0.29) is 16.9 Å². The molecule has 0 saturated carbocycles. The van der Waals surface area contributed by atoms with Gasteiger partial charge < -0.3 is 5.32 Å². The first-order valence-corrected chi connectivity index (χ1v) is 9.86. The molecule has 5 nitrogen and oxygen atoms in total. The smallest absolute Gasteiger partial charge is 0.263 e. The molecule has 4 aromatic rings. The van der Waals surface area contributed by atoms with E-state index in [1.165, 1.54) is 6.20 Å². The minimum Gasteiger partial charge on any atom is -0.361 e. The number of aromatic nitrogens is 3. The van der Waals surface area contributed by atoms with Gasteiger partial charge in [0, 0.05) is 11.4 Å². The summed E-state index contributed by atoms with van der Waals surface area (Å²) in [7, 11) is 0. The molecular formula is C22H18Cl2N4O. The first kappa shape index (κ1) is 19.4. The standard InChI is InChI=1S/C22H18Cl2N4O/c1-13-7-6-8-15-11-18(14(2)26-20-17(23)12-25-22(24)27-20)28(21(29)19(13)15)16-9-4-3-5-10-16/h3-12,14H,1-2H3,(H,25,26,27)/t14-/m0/s1. The maximum Gasteiger partial charge on any atom is 0.263 e. The second-order valence-corrected chi connectivity index (χ2v) is 7.53. The summed E-state index contributed by atoms with van der Waals surface area (Å²) in [5.74, 6) is 0.413. The van der Waals surface area contributed by atoms with Crippen molar-refractivity contribution in [2.45, 2.75) is 19.9 Å². The number of aryl methyl sites for hydroxylation is 1. The zero-order chi connectivity index (χ0) is 20.5. The molecule has 0 aliphatic carbocycles. The molecule has 0 unspecified atom stereocenters. The second-order valence-electron chi connectivity index (χ2n) is 6.79. The molecule has 0 aliphatic rings. The highest BCUT2D eigenvalue weighted by Gasteiger charge is 2.18. The quantitative estimate of drug-likeness (QED) is 0.435. The van der Waals surface area contributed by atoms with E-state index in [1.54, 1.807) is 4.57 Å². The molecular weight excluding hydrogens is 407 g/mol. The summed E-state index contributed by atoms with van der Waals surface area (Å²) in [6.45, 7) is 3.89. The Morgan fingerprint density at radius 2 is 1.83 bits per heavy atom.